The molecule has 0 saturated carbocycles. The Hall–Kier alpha value is -2.17. The van der Waals surface area contributed by atoms with Crippen molar-refractivity contribution in [3.63, 3.8) is 0 Å². The van der Waals surface area contributed by atoms with E-state index < -0.39 is 0 Å². The Bertz CT molecular complexity index is 841. The summed E-state index contributed by atoms with van der Waals surface area (Å²) in [4.78, 5) is 18.7. The van der Waals surface area contributed by atoms with Gasteiger partial charge in [-0.3, -0.25) is 4.79 Å². The summed E-state index contributed by atoms with van der Waals surface area (Å²) in [5, 5.41) is 3.31. The molecule has 0 fully saturated rings. The molecule has 1 amide bonds. The Labute approximate surface area is 150 Å². The first kappa shape index (κ1) is 16.7. The molecule has 3 aromatic rings. The lowest BCUT2D eigenvalue weighted by atomic mass is 10.1. The first-order valence-corrected chi connectivity index (χ1v) is 8.81. The molecule has 0 N–H and O–H groups in total. The topological polar surface area (TPSA) is 33.2 Å². The molecule has 24 heavy (non-hydrogen) atoms. The fourth-order valence-corrected chi connectivity index (χ4v) is 3.26. The van der Waals surface area contributed by atoms with Crippen LogP contribution in [0.2, 0.25) is 5.02 Å². The van der Waals surface area contributed by atoms with Gasteiger partial charge in [-0.05, 0) is 24.6 Å². The molecule has 0 spiro atoms. The van der Waals surface area contributed by atoms with Crippen molar-refractivity contribution in [3.8, 4) is 10.6 Å². The highest BCUT2D eigenvalue weighted by Crippen LogP contribution is 2.25. The second-order valence-corrected chi connectivity index (χ2v) is 6.99. The smallest absolute Gasteiger partial charge is 0.273 e. The van der Waals surface area contributed by atoms with E-state index in [0.29, 0.717) is 17.3 Å². The average molecular weight is 357 g/mol. The number of carbonyl (C=O) groups excluding carboxylic acids is 1. The lowest BCUT2D eigenvalue weighted by Crippen LogP contribution is -2.26. The van der Waals surface area contributed by atoms with Crippen LogP contribution in [0.15, 0.2) is 53.9 Å². The van der Waals surface area contributed by atoms with Crippen LogP contribution in [0.5, 0.6) is 0 Å². The highest BCUT2D eigenvalue weighted by molar-refractivity contribution is 7.13. The molecule has 0 radical (unpaired) electrons. The molecule has 1 aromatic heterocycles. The van der Waals surface area contributed by atoms with Crippen LogP contribution in [0.4, 0.5) is 0 Å². The molecule has 1 heterocycles. The number of benzene rings is 2. The Balaban J connectivity index is 1.73. The van der Waals surface area contributed by atoms with Crippen molar-refractivity contribution in [2.45, 2.75) is 13.5 Å². The van der Waals surface area contributed by atoms with E-state index in [-0.39, 0.29) is 5.91 Å². The highest BCUT2D eigenvalue weighted by Gasteiger charge is 2.16. The van der Waals surface area contributed by atoms with E-state index in [1.165, 1.54) is 16.9 Å². The molecular formula is C19H17ClN2OS. The van der Waals surface area contributed by atoms with Gasteiger partial charge in [0.25, 0.3) is 5.91 Å². The summed E-state index contributed by atoms with van der Waals surface area (Å²) in [5.74, 6) is -0.0768. The number of aromatic nitrogens is 1. The molecule has 0 bridgehead atoms. The Morgan fingerprint density at radius 3 is 2.46 bits per heavy atom. The van der Waals surface area contributed by atoms with Gasteiger partial charge >= 0.3 is 0 Å². The van der Waals surface area contributed by atoms with Gasteiger partial charge in [-0.25, -0.2) is 4.98 Å². The normalized spacial score (nSPS) is 10.6. The van der Waals surface area contributed by atoms with E-state index in [9.17, 15) is 4.79 Å². The minimum Gasteiger partial charge on any atom is -0.336 e. The van der Waals surface area contributed by atoms with Crippen LogP contribution in [-0.2, 0) is 6.54 Å². The Morgan fingerprint density at radius 1 is 1.12 bits per heavy atom. The Morgan fingerprint density at radius 2 is 1.79 bits per heavy atom. The number of rotatable bonds is 4. The van der Waals surface area contributed by atoms with Crippen molar-refractivity contribution in [3.05, 3.63) is 75.8 Å². The number of aryl methyl sites for hydroxylation is 1. The molecule has 122 valence electrons. The van der Waals surface area contributed by atoms with Crippen molar-refractivity contribution in [2.24, 2.45) is 0 Å². The summed E-state index contributed by atoms with van der Waals surface area (Å²) < 4.78 is 0. The number of thiazole rings is 1. The zero-order chi connectivity index (χ0) is 17.1. The molecule has 3 rings (SSSR count). The molecule has 0 aliphatic heterocycles. The third-order valence-electron chi connectivity index (χ3n) is 3.70. The average Bonchev–Trinajstić information content (AvgIpc) is 3.07. The molecule has 0 unspecified atom stereocenters. The summed E-state index contributed by atoms with van der Waals surface area (Å²) in [7, 11) is 1.80. The van der Waals surface area contributed by atoms with Gasteiger partial charge < -0.3 is 4.90 Å². The number of amides is 1. The van der Waals surface area contributed by atoms with Crippen molar-refractivity contribution in [2.75, 3.05) is 7.05 Å². The number of nitrogens with zero attached hydrogens (tertiary/aromatic N) is 2. The molecule has 0 saturated heterocycles. The van der Waals surface area contributed by atoms with Gasteiger partial charge in [0.15, 0.2) is 0 Å². The maximum absolute atomic E-state index is 12.6. The second-order valence-electron chi connectivity index (χ2n) is 5.69. The fourth-order valence-electron chi connectivity index (χ4n) is 2.33. The molecular weight excluding hydrogens is 340 g/mol. The summed E-state index contributed by atoms with van der Waals surface area (Å²) in [6.07, 6.45) is 0. The summed E-state index contributed by atoms with van der Waals surface area (Å²) >= 11 is 7.37. The summed E-state index contributed by atoms with van der Waals surface area (Å²) in [6.45, 7) is 2.61. The van der Waals surface area contributed by atoms with Crippen LogP contribution < -0.4 is 0 Å². The number of hydrogen-bond acceptors (Lipinski definition) is 3. The molecule has 5 heteroatoms. The maximum Gasteiger partial charge on any atom is 0.273 e. The van der Waals surface area contributed by atoms with Gasteiger partial charge in [0.05, 0.1) is 0 Å². The van der Waals surface area contributed by atoms with E-state index in [1.54, 1.807) is 17.3 Å². The van der Waals surface area contributed by atoms with E-state index in [2.05, 4.69) is 17.1 Å². The van der Waals surface area contributed by atoms with Gasteiger partial charge in [-0.1, -0.05) is 53.6 Å². The standard InChI is InChI=1S/C19H17ClN2OS/c1-13-3-5-14(6-4-13)11-22(2)19(23)17-12-24-18(21-17)15-7-9-16(20)10-8-15/h3-10,12H,11H2,1-2H3. The number of halogens is 1. The predicted molar refractivity (Wildman–Crippen MR) is 99.5 cm³/mol. The number of carbonyl (C=O) groups is 1. The monoisotopic (exact) mass is 356 g/mol. The lowest BCUT2D eigenvalue weighted by molar-refractivity contribution is 0.0780. The van der Waals surface area contributed by atoms with Crippen molar-refractivity contribution < 1.29 is 4.79 Å². The molecule has 0 atom stereocenters. The van der Waals surface area contributed by atoms with Crippen molar-refractivity contribution in [1.82, 2.24) is 9.88 Å². The van der Waals surface area contributed by atoms with E-state index in [4.69, 9.17) is 11.6 Å². The zero-order valence-corrected chi connectivity index (χ0v) is 15.1. The summed E-state index contributed by atoms with van der Waals surface area (Å²) in [5.41, 5.74) is 3.74. The third kappa shape index (κ3) is 3.83. The fraction of sp³-hybridized carbons (Fsp3) is 0.158. The van der Waals surface area contributed by atoms with Crippen LogP contribution in [0.25, 0.3) is 10.6 Å². The zero-order valence-electron chi connectivity index (χ0n) is 13.5. The highest BCUT2D eigenvalue weighted by atomic mass is 35.5. The van der Waals surface area contributed by atoms with E-state index in [0.717, 1.165) is 16.1 Å². The van der Waals surface area contributed by atoms with E-state index in [1.807, 2.05) is 43.3 Å². The first-order chi connectivity index (χ1) is 11.5. The SMILES string of the molecule is Cc1ccc(CN(C)C(=O)c2csc(-c3ccc(Cl)cc3)n2)cc1. The third-order valence-corrected chi connectivity index (χ3v) is 4.84. The largest absolute Gasteiger partial charge is 0.336 e. The van der Waals surface area contributed by atoms with Crippen LogP contribution in [0.3, 0.4) is 0 Å². The van der Waals surface area contributed by atoms with Crippen LogP contribution in [-0.4, -0.2) is 22.8 Å². The van der Waals surface area contributed by atoms with Crippen LogP contribution >= 0.6 is 22.9 Å². The second kappa shape index (κ2) is 7.16. The van der Waals surface area contributed by atoms with Gasteiger partial charge in [0.2, 0.25) is 0 Å². The van der Waals surface area contributed by atoms with Crippen molar-refractivity contribution >= 4 is 28.8 Å². The quantitative estimate of drug-likeness (QED) is 0.655. The lowest BCUT2D eigenvalue weighted by Gasteiger charge is -2.16. The van der Waals surface area contributed by atoms with Gasteiger partial charge in [-0.2, -0.15) is 0 Å². The molecule has 0 aliphatic rings. The van der Waals surface area contributed by atoms with Gasteiger partial charge in [0.1, 0.15) is 10.7 Å². The molecule has 3 nitrogen and oxygen atoms in total. The first-order valence-electron chi connectivity index (χ1n) is 7.55. The van der Waals surface area contributed by atoms with Crippen molar-refractivity contribution in [1.29, 1.82) is 0 Å². The maximum atomic E-state index is 12.6. The minimum atomic E-state index is -0.0768. The van der Waals surface area contributed by atoms with Crippen LogP contribution in [0, 0.1) is 6.92 Å². The van der Waals surface area contributed by atoms with Gasteiger partial charge in [0, 0.05) is 29.6 Å². The summed E-state index contributed by atoms with van der Waals surface area (Å²) in [6, 6.07) is 15.6. The minimum absolute atomic E-state index is 0.0768. The molecule has 0 aliphatic carbocycles. The molecule has 2 aromatic carbocycles. The number of hydrogen-bond donors (Lipinski definition) is 0. The Kier molecular flexibility index (Phi) is 4.97. The van der Waals surface area contributed by atoms with Crippen LogP contribution in [0.1, 0.15) is 21.6 Å². The van der Waals surface area contributed by atoms with E-state index >= 15 is 0 Å². The predicted octanol–water partition coefficient (Wildman–Crippen LogP) is 5.04. The van der Waals surface area contributed by atoms with Gasteiger partial charge in [-0.15, -0.1) is 11.3 Å².